The van der Waals surface area contributed by atoms with Crippen molar-refractivity contribution in [3.8, 4) is 6.07 Å². The Morgan fingerprint density at radius 2 is 1.96 bits per heavy atom. The number of benzene rings is 1. The summed E-state index contributed by atoms with van der Waals surface area (Å²) in [6.45, 7) is 3.09. The first-order chi connectivity index (χ1) is 11.8. The van der Waals surface area contributed by atoms with Crippen molar-refractivity contribution in [1.82, 2.24) is 0 Å². The van der Waals surface area contributed by atoms with Crippen LogP contribution in [-0.2, 0) is 9.53 Å². The maximum absolute atomic E-state index is 11.9. The quantitative estimate of drug-likeness (QED) is 0.497. The first-order valence-electron chi connectivity index (χ1n) is 7.05. The van der Waals surface area contributed by atoms with Crippen molar-refractivity contribution in [2.45, 2.75) is 13.8 Å². The predicted octanol–water partition coefficient (Wildman–Crippen LogP) is 2.94. The van der Waals surface area contributed by atoms with Crippen molar-refractivity contribution >= 4 is 33.9 Å². The van der Waals surface area contributed by atoms with Gasteiger partial charge in [0.05, 0.1) is 16.1 Å². The maximum Gasteiger partial charge on any atom is 0.338 e. The zero-order valence-corrected chi connectivity index (χ0v) is 14.2. The number of amides is 1. The Morgan fingerprint density at radius 1 is 1.32 bits per heavy atom. The number of esters is 1. The summed E-state index contributed by atoms with van der Waals surface area (Å²) in [7, 11) is 0. The Bertz CT molecular complexity index is 880. The van der Waals surface area contributed by atoms with E-state index in [1.807, 2.05) is 13.0 Å². The number of nitrogens with zero attached hydrogens (tertiary/aromatic N) is 2. The second-order valence-corrected chi connectivity index (χ2v) is 6.25. The Hall–Kier alpha value is -3.25. The highest BCUT2D eigenvalue weighted by molar-refractivity contribution is 7.16. The monoisotopic (exact) mass is 359 g/mol. The van der Waals surface area contributed by atoms with E-state index in [9.17, 15) is 19.7 Å². The Morgan fingerprint density at radius 3 is 2.52 bits per heavy atom. The van der Waals surface area contributed by atoms with E-state index in [-0.39, 0.29) is 11.3 Å². The third kappa shape index (κ3) is 4.19. The lowest BCUT2D eigenvalue weighted by Gasteiger charge is -2.05. The average Bonchev–Trinajstić information content (AvgIpc) is 2.86. The van der Waals surface area contributed by atoms with Gasteiger partial charge in [0.1, 0.15) is 11.1 Å². The Kier molecular flexibility index (Phi) is 5.46. The molecule has 0 saturated heterocycles. The number of thiophene rings is 1. The summed E-state index contributed by atoms with van der Waals surface area (Å²) in [6.07, 6.45) is 0. The lowest BCUT2D eigenvalue weighted by molar-refractivity contribution is -0.384. The van der Waals surface area contributed by atoms with Gasteiger partial charge in [0.15, 0.2) is 6.61 Å². The van der Waals surface area contributed by atoms with Crippen molar-refractivity contribution in [2.24, 2.45) is 0 Å². The molecule has 0 aliphatic heterocycles. The van der Waals surface area contributed by atoms with Crippen LogP contribution in [0.4, 0.5) is 10.7 Å². The highest BCUT2D eigenvalue weighted by Gasteiger charge is 2.16. The molecule has 0 atom stereocenters. The van der Waals surface area contributed by atoms with Crippen molar-refractivity contribution < 1.29 is 19.2 Å². The van der Waals surface area contributed by atoms with Crippen LogP contribution in [-0.4, -0.2) is 23.4 Å². The van der Waals surface area contributed by atoms with Crippen LogP contribution in [0.25, 0.3) is 0 Å². The molecule has 128 valence electrons. The summed E-state index contributed by atoms with van der Waals surface area (Å²) in [5, 5.41) is 22.6. The minimum atomic E-state index is -0.774. The molecule has 0 aliphatic carbocycles. The second kappa shape index (κ2) is 7.55. The fourth-order valence-corrected chi connectivity index (χ4v) is 2.97. The highest BCUT2D eigenvalue weighted by Crippen LogP contribution is 2.31. The normalized spacial score (nSPS) is 9.96. The number of ether oxygens (including phenoxy) is 1. The molecule has 0 fully saturated rings. The number of aryl methyl sites for hydroxylation is 1. The lowest BCUT2D eigenvalue weighted by atomic mass is 10.2. The van der Waals surface area contributed by atoms with Crippen molar-refractivity contribution in [3.05, 3.63) is 55.9 Å². The molecule has 25 heavy (non-hydrogen) atoms. The van der Waals surface area contributed by atoms with Gasteiger partial charge in [-0.05, 0) is 31.5 Å². The number of nitro benzene ring substituents is 1. The summed E-state index contributed by atoms with van der Waals surface area (Å²) >= 11 is 1.27. The molecule has 8 nitrogen and oxygen atoms in total. The van der Waals surface area contributed by atoms with Gasteiger partial charge in [-0.15, -0.1) is 11.3 Å². The van der Waals surface area contributed by atoms with Crippen LogP contribution in [0.2, 0.25) is 0 Å². The van der Waals surface area contributed by atoms with Crippen molar-refractivity contribution in [1.29, 1.82) is 5.26 Å². The first-order valence-corrected chi connectivity index (χ1v) is 7.86. The van der Waals surface area contributed by atoms with Crippen molar-refractivity contribution in [3.63, 3.8) is 0 Å². The highest BCUT2D eigenvalue weighted by atomic mass is 32.1. The molecule has 0 spiro atoms. The fourth-order valence-electron chi connectivity index (χ4n) is 1.95. The standard InChI is InChI=1S/C16H13N3O5S/c1-9-10(2)25-15(13(9)7-17)18-14(20)8-24-16(21)11-3-5-12(6-4-11)19(22)23/h3-6H,8H2,1-2H3,(H,18,20). The molecule has 1 aromatic carbocycles. The number of anilines is 1. The molecule has 2 aromatic rings. The smallest absolute Gasteiger partial charge is 0.338 e. The lowest BCUT2D eigenvalue weighted by Crippen LogP contribution is -2.20. The Balaban J connectivity index is 1.96. The predicted molar refractivity (Wildman–Crippen MR) is 90.5 cm³/mol. The zero-order valence-electron chi connectivity index (χ0n) is 13.4. The van der Waals surface area contributed by atoms with E-state index in [1.54, 1.807) is 6.92 Å². The van der Waals surface area contributed by atoms with Gasteiger partial charge >= 0.3 is 5.97 Å². The largest absolute Gasteiger partial charge is 0.452 e. The summed E-state index contributed by atoms with van der Waals surface area (Å²) in [6, 6.07) is 6.87. The minimum Gasteiger partial charge on any atom is -0.452 e. The molecule has 0 bridgehead atoms. The molecule has 0 radical (unpaired) electrons. The molecule has 0 aliphatic rings. The molecule has 1 aromatic heterocycles. The number of hydrogen-bond donors (Lipinski definition) is 1. The number of nitriles is 1. The summed E-state index contributed by atoms with van der Waals surface area (Å²) in [4.78, 5) is 34.6. The molecule has 0 saturated carbocycles. The number of nitro groups is 1. The zero-order chi connectivity index (χ0) is 18.6. The summed E-state index contributed by atoms with van der Waals surface area (Å²) in [5.41, 5.74) is 1.13. The van der Waals surface area contributed by atoms with E-state index >= 15 is 0 Å². The first kappa shape index (κ1) is 18.1. The van der Waals surface area contributed by atoms with E-state index in [4.69, 9.17) is 10.00 Å². The average molecular weight is 359 g/mol. The van der Waals surface area contributed by atoms with Crippen LogP contribution in [0.15, 0.2) is 24.3 Å². The Labute approximate surface area is 146 Å². The number of non-ortho nitro benzene ring substituents is 1. The molecular weight excluding hydrogens is 346 g/mol. The van der Waals surface area contributed by atoms with Crippen LogP contribution < -0.4 is 5.32 Å². The fraction of sp³-hybridized carbons (Fsp3) is 0.188. The van der Waals surface area contributed by atoms with Gasteiger partial charge in [-0.2, -0.15) is 5.26 Å². The number of hydrogen-bond acceptors (Lipinski definition) is 7. The van der Waals surface area contributed by atoms with Crippen molar-refractivity contribution in [2.75, 3.05) is 11.9 Å². The van der Waals surface area contributed by atoms with Gasteiger partial charge in [-0.3, -0.25) is 14.9 Å². The second-order valence-electron chi connectivity index (χ2n) is 5.03. The molecule has 1 N–H and O–H groups in total. The van der Waals surface area contributed by atoms with Gasteiger partial charge in [0.25, 0.3) is 11.6 Å². The van der Waals surface area contributed by atoms with Gasteiger partial charge in [-0.25, -0.2) is 4.79 Å². The van der Waals surface area contributed by atoms with E-state index in [0.29, 0.717) is 10.6 Å². The van der Waals surface area contributed by atoms with Gasteiger partial charge in [0.2, 0.25) is 0 Å². The number of rotatable bonds is 5. The number of carbonyl (C=O) groups excluding carboxylic acids is 2. The topological polar surface area (TPSA) is 122 Å². The molecule has 2 rings (SSSR count). The SMILES string of the molecule is Cc1sc(NC(=O)COC(=O)c2ccc([N+](=O)[O-])cc2)c(C#N)c1C. The van der Waals surface area contributed by atoms with E-state index in [0.717, 1.165) is 10.4 Å². The molecule has 1 amide bonds. The molecule has 1 heterocycles. The van der Waals surface area contributed by atoms with Crippen LogP contribution in [0.1, 0.15) is 26.4 Å². The molecule has 9 heteroatoms. The maximum atomic E-state index is 11.9. The third-order valence-corrected chi connectivity index (χ3v) is 4.52. The van der Waals surface area contributed by atoms with E-state index in [1.165, 1.54) is 35.6 Å². The van der Waals surface area contributed by atoms with Crippen LogP contribution in [0.5, 0.6) is 0 Å². The van der Waals surface area contributed by atoms with Gasteiger partial charge < -0.3 is 10.1 Å². The van der Waals surface area contributed by atoms with E-state index < -0.39 is 23.4 Å². The minimum absolute atomic E-state index is 0.0962. The van der Waals surface area contributed by atoms with E-state index in [2.05, 4.69) is 5.32 Å². The summed E-state index contributed by atoms with van der Waals surface area (Å²) < 4.78 is 4.87. The number of carbonyl (C=O) groups is 2. The molecular formula is C16H13N3O5S. The summed E-state index contributed by atoms with van der Waals surface area (Å²) in [5.74, 6) is -1.35. The third-order valence-electron chi connectivity index (χ3n) is 3.40. The number of nitrogens with one attached hydrogen (secondary N) is 1. The van der Waals surface area contributed by atoms with Crippen LogP contribution >= 0.6 is 11.3 Å². The van der Waals surface area contributed by atoms with Gasteiger partial charge in [0, 0.05) is 17.0 Å². The molecule has 0 unspecified atom stereocenters. The van der Waals surface area contributed by atoms with Crippen LogP contribution in [0, 0.1) is 35.3 Å². The van der Waals surface area contributed by atoms with Crippen LogP contribution in [0.3, 0.4) is 0 Å². The van der Waals surface area contributed by atoms with Gasteiger partial charge in [-0.1, -0.05) is 0 Å².